The van der Waals surface area contributed by atoms with Gasteiger partial charge in [-0.3, -0.25) is 0 Å². The van der Waals surface area contributed by atoms with Gasteiger partial charge in [-0.1, -0.05) is 5.92 Å². The molecule has 0 saturated carbocycles. The molecule has 0 radical (unpaired) electrons. The largest absolute Gasteiger partial charge is 0.508 e. The van der Waals surface area contributed by atoms with E-state index in [-0.39, 0.29) is 17.1 Å². The van der Waals surface area contributed by atoms with E-state index in [4.69, 9.17) is 5.11 Å². The lowest BCUT2D eigenvalue weighted by Crippen LogP contribution is -1.94. The topological polar surface area (TPSA) is 66.8 Å². The predicted molar refractivity (Wildman–Crippen MR) is 48.7 cm³/mol. The molecule has 1 aromatic carbocycles. The number of hydrogen-bond donors (Lipinski definition) is 2. The van der Waals surface area contributed by atoms with E-state index in [9.17, 15) is 9.90 Å². The number of ether oxygens (including phenoxy) is 1. The second-order valence-corrected chi connectivity index (χ2v) is 2.44. The lowest BCUT2D eigenvalue weighted by atomic mass is 10.2. The fourth-order valence-corrected chi connectivity index (χ4v) is 0.795. The van der Waals surface area contributed by atoms with Crippen LogP contribution < -0.4 is 0 Å². The number of methoxy groups -OCH3 is 1. The van der Waals surface area contributed by atoms with Gasteiger partial charge in [0, 0.05) is 12.0 Å². The molecule has 1 aromatic rings. The highest BCUT2D eigenvalue weighted by Crippen LogP contribution is 2.21. The molecule has 72 valence electrons. The Labute approximate surface area is 80.8 Å². The van der Waals surface area contributed by atoms with Crippen LogP contribution in [0.5, 0.6) is 11.5 Å². The van der Waals surface area contributed by atoms with E-state index in [1.165, 1.54) is 19.2 Å². The number of carbonyl (C=O) groups excluding carboxylic acids is 1. The van der Waals surface area contributed by atoms with Crippen LogP contribution in [0.3, 0.4) is 0 Å². The molecule has 0 atom stereocenters. The van der Waals surface area contributed by atoms with E-state index >= 15 is 0 Å². The van der Waals surface area contributed by atoms with Crippen molar-refractivity contribution in [1.82, 2.24) is 0 Å². The molecular formula is C10H8O4. The monoisotopic (exact) mass is 192 g/mol. The van der Waals surface area contributed by atoms with Gasteiger partial charge in [0.25, 0.3) is 0 Å². The van der Waals surface area contributed by atoms with Crippen molar-refractivity contribution in [3.8, 4) is 23.3 Å². The molecule has 0 aliphatic heterocycles. The van der Waals surface area contributed by atoms with Crippen LogP contribution in [0, 0.1) is 11.8 Å². The third-order valence-corrected chi connectivity index (χ3v) is 1.47. The van der Waals surface area contributed by atoms with Crippen molar-refractivity contribution >= 4 is 5.97 Å². The van der Waals surface area contributed by atoms with E-state index in [2.05, 4.69) is 16.6 Å². The Morgan fingerprint density at radius 3 is 2.71 bits per heavy atom. The van der Waals surface area contributed by atoms with Crippen LogP contribution in [-0.4, -0.2) is 23.3 Å². The SMILES string of the molecule is COC(=O)C#Cc1ccc(O)cc1O. The van der Waals surface area contributed by atoms with E-state index in [0.29, 0.717) is 0 Å². The maximum Gasteiger partial charge on any atom is 0.384 e. The van der Waals surface area contributed by atoms with Crippen LogP contribution in [0.25, 0.3) is 0 Å². The normalized spacial score (nSPS) is 8.64. The van der Waals surface area contributed by atoms with Gasteiger partial charge in [0.2, 0.25) is 0 Å². The van der Waals surface area contributed by atoms with Crippen molar-refractivity contribution in [2.24, 2.45) is 0 Å². The third-order valence-electron chi connectivity index (χ3n) is 1.47. The molecule has 0 spiro atoms. The number of benzene rings is 1. The number of esters is 1. The Morgan fingerprint density at radius 1 is 1.43 bits per heavy atom. The fraction of sp³-hybridized carbons (Fsp3) is 0.100. The van der Waals surface area contributed by atoms with Gasteiger partial charge in [0.15, 0.2) is 0 Å². The van der Waals surface area contributed by atoms with E-state index in [1.54, 1.807) is 0 Å². The first-order chi connectivity index (χ1) is 6.63. The maximum atomic E-state index is 10.6. The second kappa shape index (κ2) is 4.19. The van der Waals surface area contributed by atoms with Crippen LogP contribution >= 0.6 is 0 Å². The summed E-state index contributed by atoms with van der Waals surface area (Å²) in [6, 6.07) is 3.91. The highest BCUT2D eigenvalue weighted by molar-refractivity contribution is 5.89. The summed E-state index contributed by atoms with van der Waals surface area (Å²) >= 11 is 0. The molecular weight excluding hydrogens is 184 g/mol. The van der Waals surface area contributed by atoms with Gasteiger partial charge in [-0.05, 0) is 12.1 Å². The number of aromatic hydroxyl groups is 2. The summed E-state index contributed by atoms with van der Waals surface area (Å²) in [5.74, 6) is 3.64. The molecule has 0 aliphatic carbocycles. The summed E-state index contributed by atoms with van der Waals surface area (Å²) in [6.45, 7) is 0. The minimum absolute atomic E-state index is 0.0638. The van der Waals surface area contributed by atoms with Gasteiger partial charge < -0.3 is 14.9 Å². The first-order valence-corrected chi connectivity index (χ1v) is 3.75. The van der Waals surface area contributed by atoms with Crippen molar-refractivity contribution in [2.75, 3.05) is 7.11 Å². The highest BCUT2D eigenvalue weighted by Gasteiger charge is 1.99. The third kappa shape index (κ3) is 2.42. The first kappa shape index (κ1) is 9.93. The minimum atomic E-state index is -0.683. The van der Waals surface area contributed by atoms with E-state index < -0.39 is 5.97 Å². The number of phenols is 2. The molecule has 14 heavy (non-hydrogen) atoms. The number of carbonyl (C=O) groups is 1. The molecule has 1 rings (SSSR count). The number of rotatable bonds is 0. The molecule has 0 amide bonds. The summed E-state index contributed by atoms with van der Waals surface area (Å²) in [7, 11) is 1.22. The molecule has 0 bridgehead atoms. The van der Waals surface area contributed by atoms with Crippen LogP contribution in [0.2, 0.25) is 0 Å². The summed E-state index contributed by atoms with van der Waals surface area (Å²) in [5, 5.41) is 18.2. The number of phenolic OH excluding ortho intramolecular Hbond substituents is 2. The zero-order valence-corrected chi connectivity index (χ0v) is 7.44. The van der Waals surface area contributed by atoms with Crippen LogP contribution in [0.15, 0.2) is 18.2 Å². The van der Waals surface area contributed by atoms with Crippen molar-refractivity contribution in [3.63, 3.8) is 0 Å². The summed E-state index contributed by atoms with van der Waals surface area (Å²) in [6.07, 6.45) is 0. The highest BCUT2D eigenvalue weighted by atomic mass is 16.5. The van der Waals surface area contributed by atoms with Crippen LogP contribution in [0.4, 0.5) is 0 Å². The average Bonchev–Trinajstić information content (AvgIpc) is 2.16. The molecule has 2 N–H and O–H groups in total. The number of hydrogen-bond acceptors (Lipinski definition) is 4. The Bertz CT molecular complexity index is 412. The van der Waals surface area contributed by atoms with Crippen LogP contribution in [0.1, 0.15) is 5.56 Å². The van der Waals surface area contributed by atoms with Gasteiger partial charge >= 0.3 is 5.97 Å². The van der Waals surface area contributed by atoms with Crippen LogP contribution in [-0.2, 0) is 9.53 Å². The Balaban J connectivity index is 2.96. The molecule has 0 heterocycles. The smallest absolute Gasteiger partial charge is 0.384 e. The van der Waals surface area contributed by atoms with Crippen molar-refractivity contribution < 1.29 is 19.7 Å². The van der Waals surface area contributed by atoms with E-state index in [1.807, 2.05) is 0 Å². The zero-order valence-electron chi connectivity index (χ0n) is 7.44. The molecule has 4 nitrogen and oxygen atoms in total. The molecule has 0 unspecified atom stereocenters. The van der Waals surface area contributed by atoms with Gasteiger partial charge in [-0.25, -0.2) is 4.79 Å². The van der Waals surface area contributed by atoms with Gasteiger partial charge in [0.1, 0.15) is 11.5 Å². The Hall–Kier alpha value is -2.15. The summed E-state index contributed by atoms with van der Waals surface area (Å²) in [4.78, 5) is 10.6. The first-order valence-electron chi connectivity index (χ1n) is 3.75. The second-order valence-electron chi connectivity index (χ2n) is 2.44. The molecule has 0 aliphatic rings. The van der Waals surface area contributed by atoms with Crippen molar-refractivity contribution in [1.29, 1.82) is 0 Å². The maximum absolute atomic E-state index is 10.6. The van der Waals surface area contributed by atoms with Gasteiger partial charge in [-0.15, -0.1) is 0 Å². The quantitative estimate of drug-likeness (QED) is 0.467. The lowest BCUT2D eigenvalue weighted by Gasteiger charge is -1.96. The molecule has 4 heteroatoms. The molecule has 0 saturated heterocycles. The van der Waals surface area contributed by atoms with E-state index in [0.717, 1.165) is 6.07 Å². The van der Waals surface area contributed by atoms with Crippen molar-refractivity contribution in [3.05, 3.63) is 23.8 Å². The predicted octanol–water partition coefficient (Wildman–Crippen LogP) is 0.622. The standard InChI is InChI=1S/C10H8O4/c1-14-10(13)5-3-7-2-4-8(11)6-9(7)12/h2,4,6,11-12H,1H3. The minimum Gasteiger partial charge on any atom is -0.508 e. The fourth-order valence-electron chi connectivity index (χ4n) is 0.795. The zero-order chi connectivity index (χ0) is 10.6. The average molecular weight is 192 g/mol. The molecule has 0 fully saturated rings. The summed E-state index contributed by atoms with van der Waals surface area (Å²) < 4.78 is 4.29. The summed E-state index contributed by atoms with van der Waals surface area (Å²) in [5.41, 5.74) is 0.258. The van der Waals surface area contributed by atoms with Gasteiger partial charge in [-0.2, -0.15) is 0 Å². The van der Waals surface area contributed by atoms with Gasteiger partial charge in [0.05, 0.1) is 12.7 Å². The van der Waals surface area contributed by atoms with Crippen molar-refractivity contribution in [2.45, 2.75) is 0 Å². The molecule has 0 aromatic heterocycles. The Morgan fingerprint density at radius 2 is 2.14 bits per heavy atom. The Kier molecular flexibility index (Phi) is 2.97. The lowest BCUT2D eigenvalue weighted by molar-refractivity contribution is -0.133.